The standard InChI is InChI=1S/C11H8BrF3N2/c1-7-10(12)6-17(16-7)9-4-2-3-8(5-9)11(13,14)15/h2-6H,1H3. The number of rotatable bonds is 1. The molecule has 1 aromatic carbocycles. The Labute approximate surface area is 104 Å². The average Bonchev–Trinajstić information content (AvgIpc) is 2.58. The monoisotopic (exact) mass is 304 g/mol. The molecule has 0 saturated heterocycles. The normalized spacial score (nSPS) is 11.8. The maximum atomic E-state index is 12.5. The molecule has 1 aromatic heterocycles. The summed E-state index contributed by atoms with van der Waals surface area (Å²) in [5.74, 6) is 0. The zero-order chi connectivity index (χ0) is 12.6. The van der Waals surface area contributed by atoms with E-state index in [4.69, 9.17) is 0 Å². The van der Waals surface area contributed by atoms with Crippen molar-refractivity contribution in [2.75, 3.05) is 0 Å². The molecule has 0 unspecified atom stereocenters. The van der Waals surface area contributed by atoms with Crippen LogP contribution in [0.25, 0.3) is 5.69 Å². The second-order valence-corrected chi connectivity index (χ2v) is 4.41. The predicted octanol–water partition coefficient (Wildman–Crippen LogP) is 3.96. The molecule has 2 rings (SSSR count). The SMILES string of the molecule is Cc1nn(-c2cccc(C(F)(F)F)c2)cc1Br. The van der Waals surface area contributed by atoms with Crippen LogP contribution < -0.4 is 0 Å². The quantitative estimate of drug-likeness (QED) is 0.780. The van der Waals surface area contributed by atoms with Crippen LogP contribution in [0.5, 0.6) is 0 Å². The Balaban J connectivity index is 2.47. The van der Waals surface area contributed by atoms with Gasteiger partial charge in [0.25, 0.3) is 0 Å². The van der Waals surface area contributed by atoms with E-state index in [9.17, 15) is 13.2 Å². The summed E-state index contributed by atoms with van der Waals surface area (Å²) in [7, 11) is 0. The third kappa shape index (κ3) is 2.52. The Hall–Kier alpha value is -1.30. The van der Waals surface area contributed by atoms with Crippen molar-refractivity contribution in [3.8, 4) is 5.69 Å². The molecule has 0 atom stereocenters. The molecule has 2 aromatic rings. The van der Waals surface area contributed by atoms with Gasteiger partial charge in [0, 0.05) is 6.20 Å². The minimum Gasteiger partial charge on any atom is -0.240 e. The minimum absolute atomic E-state index is 0.383. The fraction of sp³-hybridized carbons (Fsp3) is 0.182. The van der Waals surface area contributed by atoms with Gasteiger partial charge in [-0.3, -0.25) is 0 Å². The molecule has 90 valence electrons. The Bertz CT molecular complexity index is 526. The number of halogens is 4. The van der Waals surface area contributed by atoms with Gasteiger partial charge in [0.1, 0.15) is 0 Å². The molecule has 0 aliphatic heterocycles. The van der Waals surface area contributed by atoms with Gasteiger partial charge < -0.3 is 0 Å². The van der Waals surface area contributed by atoms with E-state index in [0.717, 1.165) is 22.3 Å². The maximum absolute atomic E-state index is 12.5. The van der Waals surface area contributed by atoms with Gasteiger partial charge in [-0.05, 0) is 41.1 Å². The van der Waals surface area contributed by atoms with Gasteiger partial charge in [0.2, 0.25) is 0 Å². The van der Waals surface area contributed by atoms with Crippen LogP contribution in [0.3, 0.4) is 0 Å². The second-order valence-electron chi connectivity index (χ2n) is 3.56. The summed E-state index contributed by atoms with van der Waals surface area (Å²) in [4.78, 5) is 0. The first-order valence-corrected chi connectivity index (χ1v) is 5.56. The van der Waals surface area contributed by atoms with Gasteiger partial charge in [-0.15, -0.1) is 0 Å². The molecular formula is C11H8BrF3N2. The van der Waals surface area contributed by atoms with E-state index in [1.165, 1.54) is 10.7 Å². The van der Waals surface area contributed by atoms with Crippen LogP contribution in [-0.2, 0) is 6.18 Å². The summed E-state index contributed by atoms with van der Waals surface area (Å²) in [5.41, 5.74) is 0.426. The van der Waals surface area contributed by atoms with Crippen molar-refractivity contribution in [2.45, 2.75) is 13.1 Å². The highest BCUT2D eigenvalue weighted by atomic mass is 79.9. The molecule has 1 heterocycles. The van der Waals surface area contributed by atoms with Crippen LogP contribution in [0.15, 0.2) is 34.9 Å². The molecule has 0 spiro atoms. The third-order valence-electron chi connectivity index (χ3n) is 2.28. The minimum atomic E-state index is -4.34. The molecule has 0 saturated carbocycles. The molecule has 0 fully saturated rings. The lowest BCUT2D eigenvalue weighted by Gasteiger charge is -2.08. The van der Waals surface area contributed by atoms with Crippen molar-refractivity contribution in [2.24, 2.45) is 0 Å². The molecule has 0 aliphatic rings. The number of hydrogen-bond acceptors (Lipinski definition) is 1. The predicted molar refractivity (Wildman–Crippen MR) is 61.0 cm³/mol. The van der Waals surface area contributed by atoms with E-state index in [0.29, 0.717) is 5.69 Å². The Morgan fingerprint density at radius 2 is 2.00 bits per heavy atom. The lowest BCUT2D eigenvalue weighted by molar-refractivity contribution is -0.137. The zero-order valence-corrected chi connectivity index (χ0v) is 10.4. The molecule has 0 aliphatic carbocycles. The number of nitrogens with zero attached hydrogens (tertiary/aromatic N) is 2. The summed E-state index contributed by atoms with van der Waals surface area (Å²) in [6.07, 6.45) is -2.71. The first-order valence-electron chi connectivity index (χ1n) is 4.77. The molecular weight excluding hydrogens is 297 g/mol. The third-order valence-corrected chi connectivity index (χ3v) is 3.06. The number of benzene rings is 1. The molecule has 0 N–H and O–H groups in total. The van der Waals surface area contributed by atoms with E-state index in [1.807, 2.05) is 0 Å². The van der Waals surface area contributed by atoms with E-state index in [1.54, 1.807) is 19.2 Å². The summed E-state index contributed by atoms with van der Waals surface area (Å²) in [6.45, 7) is 1.77. The molecule has 0 radical (unpaired) electrons. The van der Waals surface area contributed by atoms with Crippen LogP contribution in [0.2, 0.25) is 0 Å². The lowest BCUT2D eigenvalue weighted by atomic mass is 10.2. The van der Waals surface area contributed by atoms with Crippen molar-refractivity contribution in [1.29, 1.82) is 0 Å². The highest BCUT2D eigenvalue weighted by Crippen LogP contribution is 2.30. The van der Waals surface area contributed by atoms with Gasteiger partial charge in [-0.1, -0.05) is 6.07 Å². The topological polar surface area (TPSA) is 17.8 Å². The van der Waals surface area contributed by atoms with Crippen LogP contribution in [-0.4, -0.2) is 9.78 Å². The molecule has 0 bridgehead atoms. The largest absolute Gasteiger partial charge is 0.416 e. The van der Waals surface area contributed by atoms with Crippen molar-refractivity contribution in [1.82, 2.24) is 9.78 Å². The van der Waals surface area contributed by atoms with Crippen LogP contribution in [0.4, 0.5) is 13.2 Å². The number of hydrogen-bond donors (Lipinski definition) is 0. The first-order chi connectivity index (χ1) is 7.88. The van der Waals surface area contributed by atoms with E-state index in [-0.39, 0.29) is 0 Å². The Kier molecular flexibility index (Phi) is 2.99. The second kappa shape index (κ2) is 4.18. The van der Waals surface area contributed by atoms with Gasteiger partial charge in [-0.2, -0.15) is 18.3 Å². The van der Waals surface area contributed by atoms with Crippen molar-refractivity contribution in [3.63, 3.8) is 0 Å². The average molecular weight is 305 g/mol. The van der Waals surface area contributed by atoms with Crippen LogP contribution in [0, 0.1) is 6.92 Å². The van der Waals surface area contributed by atoms with Gasteiger partial charge in [0.05, 0.1) is 21.4 Å². The number of aromatic nitrogens is 2. The van der Waals surface area contributed by atoms with Crippen LogP contribution in [0.1, 0.15) is 11.3 Å². The van der Waals surface area contributed by atoms with E-state index < -0.39 is 11.7 Å². The van der Waals surface area contributed by atoms with Crippen molar-refractivity contribution >= 4 is 15.9 Å². The van der Waals surface area contributed by atoms with Gasteiger partial charge in [0.15, 0.2) is 0 Å². The zero-order valence-electron chi connectivity index (χ0n) is 8.79. The summed E-state index contributed by atoms with van der Waals surface area (Å²) in [6, 6.07) is 5.05. The molecule has 6 heteroatoms. The smallest absolute Gasteiger partial charge is 0.240 e. The summed E-state index contributed by atoms with van der Waals surface area (Å²) >= 11 is 3.27. The first kappa shape index (κ1) is 12.2. The molecule has 2 nitrogen and oxygen atoms in total. The Morgan fingerprint density at radius 1 is 1.29 bits per heavy atom. The molecule has 0 amide bonds. The number of alkyl halides is 3. The number of aryl methyl sites for hydroxylation is 1. The summed E-state index contributed by atoms with van der Waals surface area (Å²) < 4.78 is 39.8. The van der Waals surface area contributed by atoms with Gasteiger partial charge in [-0.25, -0.2) is 4.68 Å². The van der Waals surface area contributed by atoms with Gasteiger partial charge >= 0.3 is 6.18 Å². The van der Waals surface area contributed by atoms with E-state index in [2.05, 4.69) is 21.0 Å². The summed E-state index contributed by atoms with van der Waals surface area (Å²) in [5, 5.41) is 4.11. The van der Waals surface area contributed by atoms with E-state index >= 15 is 0 Å². The van der Waals surface area contributed by atoms with Crippen LogP contribution >= 0.6 is 15.9 Å². The fourth-order valence-corrected chi connectivity index (χ4v) is 1.67. The highest BCUT2D eigenvalue weighted by Gasteiger charge is 2.30. The highest BCUT2D eigenvalue weighted by molar-refractivity contribution is 9.10. The Morgan fingerprint density at radius 3 is 2.53 bits per heavy atom. The van der Waals surface area contributed by atoms with Crippen molar-refractivity contribution in [3.05, 3.63) is 46.2 Å². The molecule has 17 heavy (non-hydrogen) atoms. The maximum Gasteiger partial charge on any atom is 0.416 e. The fourth-order valence-electron chi connectivity index (χ4n) is 1.40. The lowest BCUT2D eigenvalue weighted by Crippen LogP contribution is -2.06. The van der Waals surface area contributed by atoms with Crippen molar-refractivity contribution < 1.29 is 13.2 Å².